The molecule has 32 heavy (non-hydrogen) atoms. The van der Waals surface area contributed by atoms with Gasteiger partial charge in [-0.1, -0.05) is 48.0 Å². The lowest BCUT2D eigenvalue weighted by Crippen LogP contribution is -2.43. The molecule has 172 valence electrons. The van der Waals surface area contributed by atoms with Gasteiger partial charge < -0.3 is 5.32 Å². The summed E-state index contributed by atoms with van der Waals surface area (Å²) in [6.07, 6.45) is 5.91. The number of carbonyl (C=O) groups excluding carboxylic acids is 1. The van der Waals surface area contributed by atoms with Crippen LogP contribution in [0, 0.1) is 12.8 Å². The van der Waals surface area contributed by atoms with Gasteiger partial charge in [0.15, 0.2) is 0 Å². The number of rotatable bonds is 6. The number of hydrogen-bond acceptors (Lipinski definition) is 3. The highest BCUT2D eigenvalue weighted by Gasteiger charge is 2.31. The number of carbonyl (C=O) groups is 1. The van der Waals surface area contributed by atoms with Crippen LogP contribution in [0.3, 0.4) is 0 Å². The third-order valence-corrected chi connectivity index (χ3v) is 8.77. The molecule has 1 heterocycles. The first-order valence-corrected chi connectivity index (χ1v) is 13.4. The van der Waals surface area contributed by atoms with Gasteiger partial charge in [-0.25, -0.2) is 12.7 Å². The molecular formula is C26H34N2O3S. The zero-order chi connectivity index (χ0) is 22.7. The number of amides is 1. The molecule has 1 amide bonds. The quantitative estimate of drug-likeness (QED) is 0.708. The summed E-state index contributed by atoms with van der Waals surface area (Å²) >= 11 is 0. The van der Waals surface area contributed by atoms with Crippen LogP contribution < -0.4 is 5.32 Å². The van der Waals surface area contributed by atoms with Gasteiger partial charge in [-0.2, -0.15) is 0 Å². The van der Waals surface area contributed by atoms with Crippen LogP contribution in [-0.2, 0) is 33.4 Å². The maximum absolute atomic E-state index is 12.9. The van der Waals surface area contributed by atoms with Crippen molar-refractivity contribution in [2.75, 3.05) is 13.1 Å². The molecule has 0 saturated carbocycles. The summed E-state index contributed by atoms with van der Waals surface area (Å²) in [6.45, 7) is 4.82. The van der Waals surface area contributed by atoms with Gasteiger partial charge in [0.05, 0.1) is 11.8 Å². The van der Waals surface area contributed by atoms with Crippen molar-refractivity contribution in [3.05, 3.63) is 70.3 Å². The molecule has 0 spiro atoms. The molecule has 0 bridgehead atoms. The number of piperidine rings is 1. The van der Waals surface area contributed by atoms with E-state index in [0.29, 0.717) is 25.9 Å². The van der Waals surface area contributed by atoms with Gasteiger partial charge >= 0.3 is 0 Å². The topological polar surface area (TPSA) is 66.5 Å². The van der Waals surface area contributed by atoms with E-state index in [-0.39, 0.29) is 23.6 Å². The highest BCUT2D eigenvalue weighted by atomic mass is 32.2. The standard InChI is InChI=1S/C26H34N2O3S/c1-19-7-9-21(10-8-19)18-32(30,31)28-15-13-23(14-16-28)26(29)27-20(2)24-12-11-22-5-3-4-6-25(22)17-24/h7-12,17,20,23H,3-6,13-16,18H2,1-2H3,(H,27,29)/t20-/m1/s1. The fourth-order valence-corrected chi connectivity index (χ4v) is 6.38. The van der Waals surface area contributed by atoms with Gasteiger partial charge in [-0.15, -0.1) is 0 Å². The minimum absolute atomic E-state index is 0.0134. The minimum atomic E-state index is -3.37. The predicted octanol–water partition coefficient (Wildman–Crippen LogP) is 4.29. The van der Waals surface area contributed by atoms with Crippen LogP contribution in [0.4, 0.5) is 0 Å². The van der Waals surface area contributed by atoms with Crippen molar-refractivity contribution in [3.8, 4) is 0 Å². The largest absolute Gasteiger partial charge is 0.349 e. The first kappa shape index (κ1) is 23.0. The molecule has 1 N–H and O–H groups in total. The fourth-order valence-electron chi connectivity index (χ4n) is 4.82. The molecule has 1 fully saturated rings. The Bertz CT molecular complexity index is 1050. The highest BCUT2D eigenvalue weighted by molar-refractivity contribution is 7.88. The van der Waals surface area contributed by atoms with Crippen LogP contribution in [-0.4, -0.2) is 31.7 Å². The Balaban J connectivity index is 1.30. The second-order valence-electron chi connectivity index (χ2n) is 9.38. The van der Waals surface area contributed by atoms with Crippen LogP contribution in [0.5, 0.6) is 0 Å². The van der Waals surface area contributed by atoms with Gasteiger partial charge in [-0.3, -0.25) is 4.79 Å². The lowest BCUT2D eigenvalue weighted by atomic mass is 9.89. The Morgan fingerprint density at radius 1 is 1.03 bits per heavy atom. The lowest BCUT2D eigenvalue weighted by molar-refractivity contribution is -0.126. The molecule has 1 aliphatic carbocycles. The summed E-state index contributed by atoms with van der Waals surface area (Å²) in [5, 5.41) is 3.16. The smallest absolute Gasteiger partial charge is 0.223 e. The van der Waals surface area contributed by atoms with Crippen molar-refractivity contribution in [3.63, 3.8) is 0 Å². The number of aryl methyl sites for hydroxylation is 3. The Morgan fingerprint density at radius 2 is 1.69 bits per heavy atom. The molecule has 1 saturated heterocycles. The molecule has 2 aromatic carbocycles. The summed E-state index contributed by atoms with van der Waals surface area (Å²) in [7, 11) is -3.37. The molecule has 0 unspecified atom stereocenters. The van der Waals surface area contributed by atoms with E-state index >= 15 is 0 Å². The van der Waals surface area contributed by atoms with Crippen molar-refractivity contribution in [2.45, 2.75) is 64.2 Å². The predicted molar refractivity (Wildman–Crippen MR) is 128 cm³/mol. The van der Waals surface area contributed by atoms with Gasteiger partial charge in [-0.05, 0) is 74.6 Å². The average Bonchev–Trinajstić information content (AvgIpc) is 2.80. The van der Waals surface area contributed by atoms with E-state index in [1.807, 2.05) is 38.1 Å². The molecular weight excluding hydrogens is 420 g/mol. The SMILES string of the molecule is Cc1ccc(CS(=O)(=O)N2CCC(C(=O)N[C@H](C)c3ccc4c(c3)CCCC4)CC2)cc1. The van der Waals surface area contributed by atoms with Gasteiger partial charge in [0.1, 0.15) is 0 Å². The van der Waals surface area contributed by atoms with Crippen LogP contribution in [0.15, 0.2) is 42.5 Å². The first-order valence-electron chi connectivity index (χ1n) is 11.8. The second kappa shape index (κ2) is 9.75. The summed E-state index contributed by atoms with van der Waals surface area (Å²) in [4.78, 5) is 12.9. The van der Waals surface area contributed by atoms with Crippen LogP contribution in [0.2, 0.25) is 0 Å². The molecule has 4 rings (SSSR count). The number of nitrogens with zero attached hydrogens (tertiary/aromatic N) is 1. The Morgan fingerprint density at radius 3 is 2.38 bits per heavy atom. The second-order valence-corrected chi connectivity index (χ2v) is 11.3. The summed E-state index contributed by atoms with van der Waals surface area (Å²) in [6, 6.07) is 14.2. The molecule has 6 heteroatoms. The monoisotopic (exact) mass is 454 g/mol. The van der Waals surface area contributed by atoms with Crippen molar-refractivity contribution in [1.82, 2.24) is 9.62 Å². The maximum atomic E-state index is 12.9. The van der Waals surface area contributed by atoms with Crippen molar-refractivity contribution < 1.29 is 13.2 Å². The summed E-state index contributed by atoms with van der Waals surface area (Å²) < 4.78 is 27.2. The number of sulfonamides is 1. The molecule has 2 aromatic rings. The highest BCUT2D eigenvalue weighted by Crippen LogP contribution is 2.26. The van der Waals surface area contributed by atoms with E-state index < -0.39 is 10.0 Å². The Labute approximate surface area is 192 Å². The molecule has 1 atom stereocenters. The summed E-state index contributed by atoms with van der Waals surface area (Å²) in [5.74, 6) is -0.0915. The first-order chi connectivity index (χ1) is 15.3. The normalized spacial score (nSPS) is 18.7. The van der Waals surface area contributed by atoms with E-state index in [2.05, 4.69) is 23.5 Å². The van der Waals surface area contributed by atoms with Crippen LogP contribution >= 0.6 is 0 Å². The summed E-state index contributed by atoms with van der Waals surface area (Å²) in [5.41, 5.74) is 5.92. The minimum Gasteiger partial charge on any atom is -0.349 e. The van der Waals surface area contributed by atoms with Crippen LogP contribution in [0.1, 0.15) is 66.5 Å². The number of fused-ring (bicyclic) bond motifs is 1. The lowest BCUT2D eigenvalue weighted by Gasteiger charge is -2.31. The molecule has 5 nitrogen and oxygen atoms in total. The fraction of sp³-hybridized carbons (Fsp3) is 0.500. The molecule has 0 aromatic heterocycles. The number of benzene rings is 2. The third-order valence-electron chi connectivity index (χ3n) is 6.92. The zero-order valence-electron chi connectivity index (χ0n) is 19.1. The Kier molecular flexibility index (Phi) is 7.01. The molecule has 0 radical (unpaired) electrons. The van der Waals surface area contributed by atoms with Crippen molar-refractivity contribution >= 4 is 15.9 Å². The van der Waals surface area contributed by atoms with E-state index in [0.717, 1.165) is 29.5 Å². The average molecular weight is 455 g/mol. The van der Waals surface area contributed by atoms with E-state index in [1.54, 1.807) is 4.31 Å². The van der Waals surface area contributed by atoms with Crippen LogP contribution in [0.25, 0.3) is 0 Å². The van der Waals surface area contributed by atoms with E-state index in [9.17, 15) is 13.2 Å². The van der Waals surface area contributed by atoms with Gasteiger partial charge in [0.2, 0.25) is 15.9 Å². The number of hydrogen-bond donors (Lipinski definition) is 1. The van der Waals surface area contributed by atoms with Crippen molar-refractivity contribution in [2.24, 2.45) is 5.92 Å². The molecule has 2 aliphatic rings. The Hall–Kier alpha value is -2.18. The van der Waals surface area contributed by atoms with E-state index in [4.69, 9.17) is 0 Å². The maximum Gasteiger partial charge on any atom is 0.223 e. The molecule has 1 aliphatic heterocycles. The number of nitrogens with one attached hydrogen (secondary N) is 1. The van der Waals surface area contributed by atoms with Gasteiger partial charge in [0, 0.05) is 19.0 Å². The van der Waals surface area contributed by atoms with Gasteiger partial charge in [0.25, 0.3) is 0 Å². The zero-order valence-corrected chi connectivity index (χ0v) is 20.0. The van der Waals surface area contributed by atoms with E-state index in [1.165, 1.54) is 24.0 Å². The third kappa shape index (κ3) is 5.41. The van der Waals surface area contributed by atoms with Crippen molar-refractivity contribution in [1.29, 1.82) is 0 Å².